The first-order valence-corrected chi connectivity index (χ1v) is 5.29. The molecule has 0 aliphatic heterocycles. The number of aliphatic hydroxyl groups is 3. The van der Waals surface area contributed by atoms with E-state index in [2.05, 4.69) is 37.9 Å². The van der Waals surface area contributed by atoms with E-state index in [1.165, 1.54) is 0 Å². The van der Waals surface area contributed by atoms with Gasteiger partial charge >= 0.3 is 24.4 Å². The molecule has 0 bridgehead atoms. The molecule has 0 aromatic carbocycles. The maximum atomic E-state index is 7.80. The van der Waals surface area contributed by atoms with Crippen LogP contribution in [0.3, 0.4) is 0 Å². The zero-order valence-corrected chi connectivity index (χ0v) is 14.4. The van der Waals surface area contributed by atoms with Gasteiger partial charge in [-0.05, 0) is 0 Å². The van der Waals surface area contributed by atoms with Crippen molar-refractivity contribution in [1.29, 1.82) is 0 Å². The fourth-order valence-corrected chi connectivity index (χ4v) is 0. The molecule has 0 heterocycles. The van der Waals surface area contributed by atoms with Crippen molar-refractivity contribution in [3.63, 3.8) is 0 Å². The van der Waals surface area contributed by atoms with Gasteiger partial charge in [-0.2, -0.15) is 37.9 Å². The van der Waals surface area contributed by atoms with Gasteiger partial charge in [0.2, 0.25) is 0 Å². The number of aliphatic hydroxyl groups excluding tert-OH is 3. The fourth-order valence-electron chi connectivity index (χ4n) is 0. The predicted molar refractivity (Wildman–Crippen MR) is 72.8 cm³/mol. The molecule has 0 aromatic heterocycles. The first-order valence-electron chi connectivity index (χ1n) is 3.40. The molecule has 0 unspecified atom stereocenters. The van der Waals surface area contributed by atoms with E-state index in [9.17, 15) is 0 Å². The van der Waals surface area contributed by atoms with E-state index < -0.39 is 0 Å². The molecular weight excluding hydrogens is 338 g/mol. The molecule has 0 radical (unpaired) electrons. The average molecular weight is 359 g/mol. The summed E-state index contributed by atoms with van der Waals surface area (Å²) in [5.74, 6) is 1.71. The van der Waals surface area contributed by atoms with Gasteiger partial charge in [-0.3, -0.25) is 0 Å². The van der Waals surface area contributed by atoms with Crippen molar-refractivity contribution in [3.05, 3.63) is 0 Å². The van der Waals surface area contributed by atoms with Crippen LogP contribution in [0, 0.1) is 0 Å². The van der Waals surface area contributed by atoms with Crippen LogP contribution in [-0.4, -0.2) is 76.8 Å². The monoisotopic (exact) mass is 358 g/mol. The summed E-state index contributed by atoms with van der Waals surface area (Å²) in [6.07, 6.45) is 0. The van der Waals surface area contributed by atoms with Gasteiger partial charge in [0.05, 0.1) is 19.8 Å². The van der Waals surface area contributed by atoms with E-state index in [0.29, 0.717) is 17.3 Å². The molecule has 0 saturated heterocycles. The molecule has 3 nitrogen and oxygen atoms in total. The van der Waals surface area contributed by atoms with Crippen LogP contribution in [0.15, 0.2) is 0 Å². The van der Waals surface area contributed by atoms with Crippen molar-refractivity contribution in [2.45, 2.75) is 0 Å². The first-order chi connectivity index (χ1) is 5.74. The van der Waals surface area contributed by atoms with Gasteiger partial charge in [-0.1, -0.05) is 0 Å². The Labute approximate surface area is 114 Å². The van der Waals surface area contributed by atoms with E-state index in [-0.39, 0.29) is 44.2 Å². The summed E-state index contributed by atoms with van der Waals surface area (Å²) < 4.78 is 0. The Morgan fingerprint density at radius 2 is 0.692 bits per heavy atom. The Morgan fingerprint density at radius 1 is 0.615 bits per heavy atom. The molecular formula is C6H21O3S3Sb. The Bertz CT molecular complexity index is 38.6. The molecule has 3 N–H and O–H groups in total. The molecule has 13 heavy (non-hydrogen) atoms. The first kappa shape index (κ1) is 24.1. The van der Waals surface area contributed by atoms with Crippen LogP contribution in [-0.2, 0) is 0 Å². The minimum absolute atomic E-state index is 0. The van der Waals surface area contributed by atoms with Crippen LogP contribution in [0.25, 0.3) is 0 Å². The minimum atomic E-state index is 0. The Morgan fingerprint density at radius 3 is 0.692 bits per heavy atom. The van der Waals surface area contributed by atoms with Crippen molar-refractivity contribution in [2.24, 2.45) is 0 Å². The third-order valence-corrected chi connectivity index (χ3v) is 0.900. The zero-order chi connectivity index (χ0) is 10.2. The fraction of sp³-hybridized carbons (Fsp3) is 1.00. The van der Waals surface area contributed by atoms with E-state index in [0.717, 1.165) is 0 Å². The molecule has 0 saturated carbocycles. The van der Waals surface area contributed by atoms with E-state index in [4.69, 9.17) is 15.3 Å². The standard InChI is InChI=1S/3C2H6OS.Sb.3H/c3*3-1-2-4;;;;/h3*3-4H,1-2H2;;;;. The van der Waals surface area contributed by atoms with E-state index in [1.54, 1.807) is 0 Å². The number of thiol groups is 3. The van der Waals surface area contributed by atoms with E-state index >= 15 is 0 Å². The van der Waals surface area contributed by atoms with Crippen LogP contribution in [0.4, 0.5) is 0 Å². The predicted octanol–water partition coefficient (Wildman–Crippen LogP) is -1.46. The summed E-state index contributed by atoms with van der Waals surface area (Å²) >= 11 is 11.0. The second-order valence-corrected chi connectivity index (χ2v) is 2.68. The third-order valence-electron chi connectivity index (χ3n) is 0.300. The van der Waals surface area contributed by atoms with Crippen molar-refractivity contribution in [2.75, 3.05) is 37.1 Å². The second kappa shape index (κ2) is 37.2. The van der Waals surface area contributed by atoms with Crippen molar-refractivity contribution >= 4 is 62.3 Å². The van der Waals surface area contributed by atoms with Crippen LogP contribution < -0.4 is 0 Å². The molecule has 0 atom stereocenters. The summed E-state index contributed by atoms with van der Waals surface area (Å²) in [6, 6.07) is 0. The van der Waals surface area contributed by atoms with Crippen LogP contribution in [0.1, 0.15) is 0 Å². The topological polar surface area (TPSA) is 60.7 Å². The van der Waals surface area contributed by atoms with Gasteiger partial charge < -0.3 is 15.3 Å². The molecule has 0 spiro atoms. The maximum absolute atomic E-state index is 7.80. The van der Waals surface area contributed by atoms with Gasteiger partial charge in [-0.15, -0.1) is 0 Å². The Balaban J connectivity index is -0.0000000450. The molecule has 0 fully saturated rings. The summed E-state index contributed by atoms with van der Waals surface area (Å²) in [7, 11) is 0. The molecule has 0 aromatic rings. The second-order valence-electron chi connectivity index (χ2n) is 1.34. The Kier molecular flexibility index (Phi) is 69.1. The number of hydrogen-bond donors (Lipinski definition) is 6. The normalized spacial score (nSPS) is 6.92. The van der Waals surface area contributed by atoms with Crippen LogP contribution in [0.5, 0.6) is 0 Å². The van der Waals surface area contributed by atoms with Gasteiger partial charge in [0.1, 0.15) is 0 Å². The van der Waals surface area contributed by atoms with Crippen molar-refractivity contribution in [1.82, 2.24) is 0 Å². The van der Waals surface area contributed by atoms with Crippen molar-refractivity contribution in [3.8, 4) is 0 Å². The molecule has 86 valence electrons. The third kappa shape index (κ3) is 84.2. The molecule has 0 aliphatic carbocycles. The summed E-state index contributed by atoms with van der Waals surface area (Å²) in [6.45, 7) is 0.551. The number of rotatable bonds is 3. The Hall–Kier alpha value is 1.75. The van der Waals surface area contributed by atoms with Crippen LogP contribution in [0.2, 0.25) is 0 Å². The molecule has 0 amide bonds. The molecule has 0 rings (SSSR count). The van der Waals surface area contributed by atoms with Gasteiger partial charge in [0.15, 0.2) is 0 Å². The average Bonchev–Trinajstić information content (AvgIpc) is 2.18. The van der Waals surface area contributed by atoms with Crippen molar-refractivity contribution < 1.29 is 15.3 Å². The zero-order valence-electron chi connectivity index (χ0n) is 7.63. The summed E-state index contributed by atoms with van der Waals surface area (Å²) in [5.41, 5.74) is 0. The van der Waals surface area contributed by atoms with Crippen LogP contribution >= 0.6 is 37.9 Å². The molecule has 7 heteroatoms. The van der Waals surface area contributed by atoms with Gasteiger partial charge in [-0.25, -0.2) is 0 Å². The summed E-state index contributed by atoms with van der Waals surface area (Å²) in [5, 5.41) is 23.4. The summed E-state index contributed by atoms with van der Waals surface area (Å²) in [4.78, 5) is 0. The van der Waals surface area contributed by atoms with Gasteiger partial charge in [0.25, 0.3) is 0 Å². The quantitative estimate of drug-likeness (QED) is 0.276. The van der Waals surface area contributed by atoms with E-state index in [1.807, 2.05) is 0 Å². The number of hydrogen-bond acceptors (Lipinski definition) is 6. The molecule has 0 aliphatic rings. The SMILES string of the molecule is OCCS.OCCS.OCCS.[SbH3]. The van der Waals surface area contributed by atoms with Gasteiger partial charge in [0, 0.05) is 17.3 Å².